The molecule has 0 aliphatic rings. The van der Waals surface area contributed by atoms with E-state index in [4.69, 9.17) is 5.73 Å². The molecule has 0 aromatic heterocycles. The number of carbonyl (C=O) groups excluding carboxylic acids is 1. The van der Waals surface area contributed by atoms with Crippen molar-refractivity contribution in [2.24, 2.45) is 5.73 Å². The van der Waals surface area contributed by atoms with Crippen LogP contribution in [-0.4, -0.2) is 18.0 Å². The first-order valence-corrected chi connectivity index (χ1v) is 6.30. The summed E-state index contributed by atoms with van der Waals surface area (Å²) >= 11 is 0. The number of amides is 1. The van der Waals surface area contributed by atoms with Crippen molar-refractivity contribution in [3.8, 4) is 0 Å². The summed E-state index contributed by atoms with van der Waals surface area (Å²) in [4.78, 5) is 11.9. The maximum atomic E-state index is 12.7. The Morgan fingerprint density at radius 2 is 1.83 bits per heavy atom. The Kier molecular flexibility index (Phi) is 5.28. The fourth-order valence-electron chi connectivity index (χ4n) is 1.89. The van der Waals surface area contributed by atoms with Gasteiger partial charge < -0.3 is 11.1 Å². The maximum Gasteiger partial charge on any atom is 0.224 e. The van der Waals surface area contributed by atoms with E-state index in [1.807, 2.05) is 13.8 Å². The van der Waals surface area contributed by atoms with Gasteiger partial charge in [0.15, 0.2) is 0 Å². The first-order chi connectivity index (χ1) is 8.55. The van der Waals surface area contributed by atoms with Gasteiger partial charge in [-0.1, -0.05) is 26.0 Å². The average molecular weight is 252 g/mol. The lowest BCUT2D eigenvalue weighted by Crippen LogP contribution is -2.53. The van der Waals surface area contributed by atoms with E-state index < -0.39 is 0 Å². The Hall–Kier alpha value is -1.42. The van der Waals surface area contributed by atoms with Crippen molar-refractivity contribution >= 4 is 5.91 Å². The summed E-state index contributed by atoms with van der Waals surface area (Å²) in [6.07, 6.45) is 1.85. The molecule has 0 fully saturated rings. The monoisotopic (exact) mass is 252 g/mol. The van der Waals surface area contributed by atoms with Crippen LogP contribution in [0, 0.1) is 5.82 Å². The minimum atomic E-state index is -0.322. The van der Waals surface area contributed by atoms with Gasteiger partial charge in [-0.15, -0.1) is 0 Å². The summed E-state index contributed by atoms with van der Waals surface area (Å²) in [6, 6.07) is 5.96. The number of nitrogens with two attached hydrogens (primary N) is 1. The lowest BCUT2D eigenvalue weighted by Gasteiger charge is -2.31. The zero-order valence-electron chi connectivity index (χ0n) is 11.0. The Bertz CT molecular complexity index is 377. The standard InChI is InChI=1S/C14H21FN2O/c1-3-14(4-2,10-16)17-13(18)9-11-5-7-12(15)8-6-11/h5-8H,3-4,9-10,16H2,1-2H3,(H,17,18). The molecule has 0 saturated heterocycles. The van der Waals surface area contributed by atoms with Gasteiger partial charge in [-0.2, -0.15) is 0 Å². The van der Waals surface area contributed by atoms with Crippen molar-refractivity contribution in [1.82, 2.24) is 5.32 Å². The molecule has 3 nitrogen and oxygen atoms in total. The zero-order chi connectivity index (χ0) is 13.6. The van der Waals surface area contributed by atoms with Crippen LogP contribution >= 0.6 is 0 Å². The Morgan fingerprint density at radius 1 is 1.28 bits per heavy atom. The lowest BCUT2D eigenvalue weighted by atomic mass is 9.92. The van der Waals surface area contributed by atoms with Gasteiger partial charge in [-0.25, -0.2) is 4.39 Å². The molecule has 0 heterocycles. The summed E-state index contributed by atoms with van der Waals surface area (Å²) in [5.74, 6) is -0.367. The summed E-state index contributed by atoms with van der Waals surface area (Å²) in [7, 11) is 0. The fourth-order valence-corrected chi connectivity index (χ4v) is 1.89. The highest BCUT2D eigenvalue weighted by molar-refractivity contribution is 5.79. The molecule has 1 aromatic rings. The van der Waals surface area contributed by atoms with Crippen LogP contribution in [0.15, 0.2) is 24.3 Å². The van der Waals surface area contributed by atoms with Crippen LogP contribution in [0.3, 0.4) is 0 Å². The van der Waals surface area contributed by atoms with Gasteiger partial charge in [0.25, 0.3) is 0 Å². The Morgan fingerprint density at radius 3 is 2.28 bits per heavy atom. The van der Waals surface area contributed by atoms with Crippen LogP contribution in [0.25, 0.3) is 0 Å². The summed E-state index contributed by atoms with van der Waals surface area (Å²) in [5, 5.41) is 2.98. The number of halogens is 1. The number of hydrogen-bond donors (Lipinski definition) is 2. The largest absolute Gasteiger partial charge is 0.349 e. The van der Waals surface area contributed by atoms with Gasteiger partial charge in [0.1, 0.15) is 5.82 Å². The first kappa shape index (κ1) is 14.6. The second kappa shape index (κ2) is 6.50. The topological polar surface area (TPSA) is 55.1 Å². The van der Waals surface area contributed by atoms with Gasteiger partial charge >= 0.3 is 0 Å². The average Bonchev–Trinajstić information content (AvgIpc) is 2.39. The third-order valence-corrected chi connectivity index (χ3v) is 3.43. The highest BCUT2D eigenvalue weighted by Gasteiger charge is 2.25. The highest BCUT2D eigenvalue weighted by atomic mass is 19.1. The van der Waals surface area contributed by atoms with Crippen molar-refractivity contribution < 1.29 is 9.18 Å². The molecule has 18 heavy (non-hydrogen) atoms. The van der Waals surface area contributed by atoms with E-state index in [-0.39, 0.29) is 23.7 Å². The third kappa shape index (κ3) is 3.81. The number of carbonyl (C=O) groups is 1. The molecular formula is C14H21FN2O. The molecule has 100 valence electrons. The Balaban J connectivity index is 2.63. The van der Waals surface area contributed by atoms with Crippen LogP contribution in [0.4, 0.5) is 4.39 Å². The van der Waals surface area contributed by atoms with Crippen LogP contribution in [-0.2, 0) is 11.2 Å². The highest BCUT2D eigenvalue weighted by Crippen LogP contribution is 2.13. The summed E-state index contributed by atoms with van der Waals surface area (Å²) in [6.45, 7) is 4.44. The second-order valence-electron chi connectivity index (χ2n) is 4.54. The molecule has 1 rings (SSSR count). The molecule has 0 atom stereocenters. The molecule has 0 aliphatic carbocycles. The molecule has 0 aliphatic heterocycles. The van der Waals surface area contributed by atoms with Crippen LogP contribution in [0.1, 0.15) is 32.3 Å². The zero-order valence-corrected chi connectivity index (χ0v) is 11.0. The number of nitrogens with one attached hydrogen (secondary N) is 1. The van der Waals surface area contributed by atoms with E-state index >= 15 is 0 Å². The van der Waals surface area contributed by atoms with Crippen LogP contribution in [0.5, 0.6) is 0 Å². The predicted molar refractivity (Wildman–Crippen MR) is 70.6 cm³/mol. The summed E-state index contributed by atoms with van der Waals surface area (Å²) < 4.78 is 12.7. The lowest BCUT2D eigenvalue weighted by molar-refractivity contribution is -0.122. The minimum Gasteiger partial charge on any atom is -0.349 e. The number of rotatable bonds is 6. The summed E-state index contributed by atoms with van der Waals surface area (Å²) in [5.41, 5.74) is 6.20. The van der Waals surface area contributed by atoms with E-state index in [0.29, 0.717) is 6.54 Å². The minimum absolute atomic E-state index is 0.0734. The van der Waals surface area contributed by atoms with Gasteiger partial charge in [-0.3, -0.25) is 4.79 Å². The Labute approximate surface area is 108 Å². The van der Waals surface area contributed by atoms with E-state index in [1.54, 1.807) is 12.1 Å². The van der Waals surface area contributed by atoms with Crippen molar-refractivity contribution in [2.45, 2.75) is 38.6 Å². The fraction of sp³-hybridized carbons (Fsp3) is 0.500. The van der Waals surface area contributed by atoms with Gasteiger partial charge in [-0.05, 0) is 30.5 Å². The molecule has 0 radical (unpaired) electrons. The molecule has 0 unspecified atom stereocenters. The van der Waals surface area contributed by atoms with Crippen molar-refractivity contribution in [1.29, 1.82) is 0 Å². The molecule has 3 N–H and O–H groups in total. The molecular weight excluding hydrogens is 231 g/mol. The number of hydrogen-bond acceptors (Lipinski definition) is 2. The third-order valence-electron chi connectivity index (χ3n) is 3.43. The quantitative estimate of drug-likeness (QED) is 0.813. The van der Waals surface area contributed by atoms with Crippen molar-refractivity contribution in [2.75, 3.05) is 6.54 Å². The van der Waals surface area contributed by atoms with Crippen molar-refractivity contribution in [3.63, 3.8) is 0 Å². The SMILES string of the molecule is CCC(CC)(CN)NC(=O)Cc1ccc(F)cc1. The second-order valence-corrected chi connectivity index (χ2v) is 4.54. The number of benzene rings is 1. The molecule has 4 heteroatoms. The maximum absolute atomic E-state index is 12.7. The van der Waals surface area contributed by atoms with Crippen LogP contribution in [0.2, 0.25) is 0 Å². The normalized spacial score (nSPS) is 11.3. The smallest absolute Gasteiger partial charge is 0.224 e. The van der Waals surface area contributed by atoms with E-state index in [0.717, 1.165) is 18.4 Å². The molecule has 0 spiro atoms. The molecule has 1 amide bonds. The van der Waals surface area contributed by atoms with Crippen molar-refractivity contribution in [3.05, 3.63) is 35.6 Å². The van der Waals surface area contributed by atoms with Gasteiger partial charge in [0.2, 0.25) is 5.91 Å². The van der Waals surface area contributed by atoms with E-state index in [2.05, 4.69) is 5.32 Å². The van der Waals surface area contributed by atoms with Crippen LogP contribution < -0.4 is 11.1 Å². The molecule has 0 bridgehead atoms. The van der Waals surface area contributed by atoms with E-state index in [1.165, 1.54) is 12.1 Å². The first-order valence-electron chi connectivity index (χ1n) is 6.30. The predicted octanol–water partition coefficient (Wildman–Crippen LogP) is 2.00. The van der Waals surface area contributed by atoms with Gasteiger partial charge in [0, 0.05) is 6.54 Å². The molecule has 0 saturated carbocycles. The van der Waals surface area contributed by atoms with Gasteiger partial charge in [0.05, 0.1) is 12.0 Å². The van der Waals surface area contributed by atoms with E-state index in [9.17, 15) is 9.18 Å². The molecule has 1 aromatic carbocycles.